The number of aromatic nitrogens is 4. The van der Waals surface area contributed by atoms with E-state index in [4.69, 9.17) is 0 Å². The van der Waals surface area contributed by atoms with Gasteiger partial charge in [-0.3, -0.25) is 9.78 Å². The monoisotopic (exact) mass is 323 g/mol. The van der Waals surface area contributed by atoms with Gasteiger partial charge in [0.1, 0.15) is 17.6 Å². The predicted molar refractivity (Wildman–Crippen MR) is 92.4 cm³/mol. The van der Waals surface area contributed by atoms with Crippen molar-refractivity contribution in [3.05, 3.63) is 53.9 Å². The fourth-order valence-electron chi connectivity index (χ4n) is 2.60. The number of fused-ring (bicyclic) bond motifs is 1. The van der Waals surface area contributed by atoms with E-state index in [-0.39, 0.29) is 18.5 Å². The van der Waals surface area contributed by atoms with Gasteiger partial charge in [-0.25, -0.2) is 0 Å². The maximum atomic E-state index is 12.5. The van der Waals surface area contributed by atoms with Crippen LogP contribution >= 0.6 is 0 Å². The van der Waals surface area contributed by atoms with Crippen molar-refractivity contribution in [1.82, 2.24) is 24.9 Å². The van der Waals surface area contributed by atoms with Crippen LogP contribution in [0.15, 0.2) is 42.6 Å². The van der Waals surface area contributed by atoms with Crippen LogP contribution in [-0.2, 0) is 17.8 Å². The van der Waals surface area contributed by atoms with Crippen LogP contribution in [-0.4, -0.2) is 43.9 Å². The molecule has 3 rings (SSSR count). The van der Waals surface area contributed by atoms with Gasteiger partial charge in [0.05, 0.1) is 0 Å². The van der Waals surface area contributed by atoms with Crippen molar-refractivity contribution in [2.45, 2.75) is 32.9 Å². The van der Waals surface area contributed by atoms with E-state index in [0.717, 1.165) is 28.7 Å². The number of likely N-dealkylation sites (N-methyl/N-ethyl adjacent to an activating group) is 1. The molecule has 1 amide bonds. The topological polar surface area (TPSA) is 63.9 Å². The highest BCUT2D eigenvalue weighted by Crippen LogP contribution is 2.11. The van der Waals surface area contributed by atoms with Crippen LogP contribution in [0.25, 0.3) is 11.0 Å². The number of carbonyl (C=O) groups excluding carboxylic acids is 1. The summed E-state index contributed by atoms with van der Waals surface area (Å²) in [5.74, 6) is -0.0172. The molecule has 6 nitrogen and oxygen atoms in total. The molecule has 0 saturated carbocycles. The van der Waals surface area contributed by atoms with Crippen molar-refractivity contribution in [3.8, 4) is 0 Å². The van der Waals surface area contributed by atoms with Gasteiger partial charge in [0.25, 0.3) is 0 Å². The van der Waals surface area contributed by atoms with Crippen LogP contribution in [0.4, 0.5) is 0 Å². The first-order valence-corrected chi connectivity index (χ1v) is 8.00. The van der Waals surface area contributed by atoms with Crippen LogP contribution in [0.2, 0.25) is 0 Å². The number of hydrogen-bond acceptors (Lipinski definition) is 4. The lowest BCUT2D eigenvalue weighted by Gasteiger charge is -2.25. The molecule has 0 aliphatic heterocycles. The molecule has 0 saturated heterocycles. The second-order valence-electron chi connectivity index (χ2n) is 6.04. The first-order valence-electron chi connectivity index (χ1n) is 8.00. The second kappa shape index (κ2) is 6.78. The summed E-state index contributed by atoms with van der Waals surface area (Å²) in [6.45, 7) is 4.20. The molecule has 2 aromatic heterocycles. The Labute approximate surface area is 141 Å². The van der Waals surface area contributed by atoms with Crippen molar-refractivity contribution >= 4 is 16.9 Å². The number of nitrogens with zero attached hydrogens (tertiary/aromatic N) is 5. The molecule has 0 fully saturated rings. The Bertz CT molecular complexity index is 824. The minimum absolute atomic E-state index is 0.0172. The summed E-state index contributed by atoms with van der Waals surface area (Å²) in [6.07, 6.45) is 2.51. The SMILES string of the molecule is Cc1cccnc1C[C@@H](C)N(C)C(=O)Cn1nc2ccccc2n1. The molecule has 1 atom stereocenters. The normalized spacial score (nSPS) is 12.3. The van der Waals surface area contributed by atoms with Gasteiger partial charge in [-0.2, -0.15) is 15.0 Å². The Kier molecular flexibility index (Phi) is 4.55. The van der Waals surface area contributed by atoms with Gasteiger partial charge in [-0.05, 0) is 37.6 Å². The van der Waals surface area contributed by atoms with Gasteiger partial charge in [0.15, 0.2) is 0 Å². The van der Waals surface area contributed by atoms with Crippen molar-refractivity contribution in [2.24, 2.45) is 0 Å². The summed E-state index contributed by atoms with van der Waals surface area (Å²) in [7, 11) is 1.81. The molecule has 1 aromatic carbocycles. The lowest BCUT2D eigenvalue weighted by Crippen LogP contribution is -2.39. The van der Waals surface area contributed by atoms with E-state index in [0.29, 0.717) is 0 Å². The third-order valence-corrected chi connectivity index (χ3v) is 4.27. The van der Waals surface area contributed by atoms with E-state index < -0.39 is 0 Å². The molecule has 0 N–H and O–H groups in total. The third kappa shape index (κ3) is 3.42. The van der Waals surface area contributed by atoms with E-state index in [1.807, 2.05) is 57.3 Å². The van der Waals surface area contributed by atoms with E-state index in [1.54, 1.807) is 11.1 Å². The predicted octanol–water partition coefficient (Wildman–Crippen LogP) is 2.22. The molecule has 24 heavy (non-hydrogen) atoms. The Hall–Kier alpha value is -2.76. The van der Waals surface area contributed by atoms with Gasteiger partial charge in [-0.15, -0.1) is 0 Å². The van der Waals surface area contributed by atoms with Gasteiger partial charge in [0, 0.05) is 31.4 Å². The molecule has 0 bridgehead atoms. The molecule has 0 unspecified atom stereocenters. The number of pyridine rings is 1. The highest BCUT2D eigenvalue weighted by atomic mass is 16.2. The van der Waals surface area contributed by atoms with Crippen molar-refractivity contribution in [3.63, 3.8) is 0 Å². The molecule has 0 spiro atoms. The van der Waals surface area contributed by atoms with E-state index in [1.165, 1.54) is 4.80 Å². The zero-order chi connectivity index (χ0) is 17.1. The number of amides is 1. The van der Waals surface area contributed by atoms with Crippen LogP contribution in [0.3, 0.4) is 0 Å². The number of hydrogen-bond donors (Lipinski definition) is 0. The first kappa shape index (κ1) is 16.1. The molecule has 0 aliphatic rings. The average molecular weight is 323 g/mol. The number of carbonyl (C=O) groups is 1. The lowest BCUT2D eigenvalue weighted by molar-refractivity contribution is -0.132. The van der Waals surface area contributed by atoms with Gasteiger partial charge in [-0.1, -0.05) is 18.2 Å². The molecule has 124 valence electrons. The smallest absolute Gasteiger partial charge is 0.246 e. The summed E-state index contributed by atoms with van der Waals surface area (Å²) >= 11 is 0. The Morgan fingerprint density at radius 1 is 1.17 bits per heavy atom. The number of rotatable bonds is 5. The van der Waals surface area contributed by atoms with Crippen molar-refractivity contribution < 1.29 is 4.79 Å². The Morgan fingerprint density at radius 3 is 2.46 bits per heavy atom. The summed E-state index contributed by atoms with van der Waals surface area (Å²) in [5.41, 5.74) is 3.76. The molecule has 3 aromatic rings. The van der Waals surface area contributed by atoms with Crippen LogP contribution < -0.4 is 0 Å². The number of aryl methyl sites for hydroxylation is 1. The quantitative estimate of drug-likeness (QED) is 0.722. The summed E-state index contributed by atoms with van der Waals surface area (Å²) in [5, 5.41) is 8.68. The molecular formula is C18H21N5O. The highest BCUT2D eigenvalue weighted by molar-refractivity contribution is 5.77. The van der Waals surface area contributed by atoms with Crippen LogP contribution in [0.5, 0.6) is 0 Å². The zero-order valence-electron chi connectivity index (χ0n) is 14.2. The number of benzene rings is 1. The largest absolute Gasteiger partial charge is 0.341 e. The fourth-order valence-corrected chi connectivity index (χ4v) is 2.60. The van der Waals surface area contributed by atoms with E-state index in [9.17, 15) is 4.79 Å². The maximum Gasteiger partial charge on any atom is 0.246 e. The molecule has 2 heterocycles. The zero-order valence-corrected chi connectivity index (χ0v) is 14.2. The Balaban J connectivity index is 1.66. The minimum atomic E-state index is -0.0172. The fraction of sp³-hybridized carbons (Fsp3) is 0.333. The standard InChI is InChI=1S/C18H21N5O/c1-13-7-6-10-19-17(13)11-14(2)22(3)18(24)12-23-20-15-8-4-5-9-16(15)21-23/h4-10,14H,11-12H2,1-3H3/t14-/m1/s1. The Morgan fingerprint density at radius 2 is 1.83 bits per heavy atom. The minimum Gasteiger partial charge on any atom is -0.341 e. The summed E-state index contributed by atoms with van der Waals surface area (Å²) < 4.78 is 0. The average Bonchev–Trinajstić information content (AvgIpc) is 2.98. The molecule has 0 radical (unpaired) electrons. The van der Waals surface area contributed by atoms with Gasteiger partial charge < -0.3 is 4.90 Å². The first-order chi connectivity index (χ1) is 11.5. The van der Waals surface area contributed by atoms with Gasteiger partial charge >= 0.3 is 0 Å². The van der Waals surface area contributed by atoms with Crippen LogP contribution in [0.1, 0.15) is 18.2 Å². The molecular weight excluding hydrogens is 302 g/mol. The van der Waals surface area contributed by atoms with E-state index >= 15 is 0 Å². The van der Waals surface area contributed by atoms with Crippen LogP contribution in [0, 0.1) is 6.92 Å². The third-order valence-electron chi connectivity index (χ3n) is 4.27. The molecule has 6 heteroatoms. The van der Waals surface area contributed by atoms with Crippen molar-refractivity contribution in [2.75, 3.05) is 7.05 Å². The second-order valence-corrected chi connectivity index (χ2v) is 6.04. The van der Waals surface area contributed by atoms with Crippen molar-refractivity contribution in [1.29, 1.82) is 0 Å². The lowest BCUT2D eigenvalue weighted by atomic mass is 10.1. The maximum absolute atomic E-state index is 12.5. The molecule has 0 aliphatic carbocycles. The summed E-state index contributed by atoms with van der Waals surface area (Å²) in [4.78, 5) is 20.1. The van der Waals surface area contributed by atoms with Gasteiger partial charge in [0.2, 0.25) is 5.91 Å². The van der Waals surface area contributed by atoms with E-state index in [2.05, 4.69) is 15.2 Å². The summed E-state index contributed by atoms with van der Waals surface area (Å²) in [6, 6.07) is 11.6. The highest BCUT2D eigenvalue weighted by Gasteiger charge is 2.18.